The van der Waals surface area contributed by atoms with E-state index in [-0.39, 0.29) is 17.4 Å². The highest BCUT2D eigenvalue weighted by molar-refractivity contribution is 7.99. The number of aryl methyl sites for hydroxylation is 1. The highest BCUT2D eigenvalue weighted by Gasteiger charge is 2.19. The Kier molecular flexibility index (Phi) is 6.50. The molecule has 7 nitrogen and oxygen atoms in total. The summed E-state index contributed by atoms with van der Waals surface area (Å²) in [6.45, 7) is 3.78. The van der Waals surface area contributed by atoms with E-state index in [0.717, 1.165) is 17.1 Å². The van der Waals surface area contributed by atoms with Crippen molar-refractivity contribution in [3.63, 3.8) is 0 Å². The second-order valence-corrected chi connectivity index (χ2v) is 8.18. The van der Waals surface area contributed by atoms with Gasteiger partial charge in [0, 0.05) is 28.2 Å². The number of methoxy groups -OCH3 is 2. The third-order valence-corrected chi connectivity index (χ3v) is 6.00. The molecule has 0 aliphatic heterocycles. The number of halogens is 1. The van der Waals surface area contributed by atoms with E-state index in [1.807, 2.05) is 24.5 Å². The Bertz CT molecular complexity index is 1300. The van der Waals surface area contributed by atoms with E-state index in [1.54, 1.807) is 44.6 Å². The van der Waals surface area contributed by atoms with Crippen molar-refractivity contribution in [1.29, 1.82) is 0 Å². The van der Waals surface area contributed by atoms with Gasteiger partial charge in [-0.15, -0.1) is 10.2 Å². The number of nitrogens with zero attached hydrogens (tertiary/aromatic N) is 3. The number of ketones is 1. The number of aromatic nitrogens is 3. The molecule has 2 heterocycles. The molecule has 4 aromatic rings. The van der Waals surface area contributed by atoms with Crippen molar-refractivity contribution in [3.8, 4) is 28.6 Å². The molecule has 0 amide bonds. The summed E-state index contributed by atoms with van der Waals surface area (Å²) >= 11 is 1.17. The zero-order chi connectivity index (χ0) is 23.5. The lowest BCUT2D eigenvalue weighted by molar-refractivity contribution is 0.102. The van der Waals surface area contributed by atoms with E-state index in [1.165, 1.54) is 23.9 Å². The first-order valence-electron chi connectivity index (χ1n) is 10.1. The molecule has 0 saturated heterocycles. The second kappa shape index (κ2) is 9.50. The molecule has 0 radical (unpaired) electrons. The summed E-state index contributed by atoms with van der Waals surface area (Å²) in [7, 11) is 3.11. The number of Topliss-reactive ketones (excluding diaryl/α,β-unsaturated/α-hetero) is 1. The Balaban J connectivity index is 1.48. The van der Waals surface area contributed by atoms with Gasteiger partial charge in [-0.2, -0.15) is 0 Å². The zero-order valence-electron chi connectivity index (χ0n) is 18.6. The molecule has 0 atom stereocenters. The number of rotatable bonds is 8. The predicted octanol–water partition coefficient (Wildman–Crippen LogP) is 5.28. The molecule has 0 N–H and O–H groups in total. The van der Waals surface area contributed by atoms with Crippen LogP contribution >= 0.6 is 11.8 Å². The topological polar surface area (TPSA) is 79.4 Å². The standard InChI is InChI=1S/C24H22FN3O4S/c1-14-11-19(15(2)28(14)18-8-6-17(25)7-9-18)20(29)13-33-24-27-26-23(32-24)16-5-10-21(30-3)22(12-16)31-4/h5-12H,13H2,1-4H3. The average Bonchev–Trinajstić information content (AvgIpc) is 3.42. The first-order chi connectivity index (χ1) is 15.9. The number of benzene rings is 2. The van der Waals surface area contributed by atoms with Gasteiger partial charge in [0.25, 0.3) is 5.22 Å². The molecule has 2 aromatic carbocycles. The van der Waals surface area contributed by atoms with Crippen LogP contribution in [0.15, 0.2) is 58.2 Å². The summed E-state index contributed by atoms with van der Waals surface area (Å²) in [5.74, 6) is 1.24. The second-order valence-electron chi connectivity index (χ2n) is 7.25. The molecule has 0 spiro atoms. The third-order valence-electron chi connectivity index (χ3n) is 5.18. The minimum absolute atomic E-state index is 0.0627. The molecular formula is C24H22FN3O4S. The van der Waals surface area contributed by atoms with Crippen molar-refractivity contribution in [3.05, 3.63) is 71.3 Å². The SMILES string of the molecule is COc1ccc(-c2nnc(SCC(=O)c3cc(C)n(-c4ccc(F)cc4)c3C)o2)cc1OC. The highest BCUT2D eigenvalue weighted by Crippen LogP contribution is 2.33. The number of carbonyl (C=O) groups is 1. The fourth-order valence-electron chi connectivity index (χ4n) is 3.59. The molecule has 0 fully saturated rings. The van der Waals surface area contributed by atoms with E-state index < -0.39 is 0 Å². The van der Waals surface area contributed by atoms with Crippen LogP contribution in [0, 0.1) is 19.7 Å². The van der Waals surface area contributed by atoms with Crippen LogP contribution in [0.1, 0.15) is 21.7 Å². The molecule has 0 saturated carbocycles. The highest BCUT2D eigenvalue weighted by atomic mass is 32.2. The minimum atomic E-state index is -0.305. The molecule has 4 rings (SSSR count). The Morgan fingerprint density at radius 2 is 1.76 bits per heavy atom. The normalized spacial score (nSPS) is 10.9. The Labute approximate surface area is 194 Å². The molecule has 0 bridgehead atoms. The number of ether oxygens (including phenoxy) is 2. The maximum atomic E-state index is 13.3. The van der Waals surface area contributed by atoms with Crippen LogP contribution in [-0.2, 0) is 0 Å². The summed E-state index contributed by atoms with van der Waals surface area (Å²) in [5, 5.41) is 8.40. The van der Waals surface area contributed by atoms with Gasteiger partial charge in [-0.25, -0.2) is 4.39 Å². The summed E-state index contributed by atoms with van der Waals surface area (Å²) in [6.07, 6.45) is 0. The number of hydrogen-bond acceptors (Lipinski definition) is 7. The minimum Gasteiger partial charge on any atom is -0.493 e. The third kappa shape index (κ3) is 4.63. The zero-order valence-corrected chi connectivity index (χ0v) is 19.4. The smallest absolute Gasteiger partial charge is 0.277 e. The fraction of sp³-hybridized carbons (Fsp3) is 0.208. The summed E-state index contributed by atoms with van der Waals surface area (Å²) in [6, 6.07) is 13.3. The maximum absolute atomic E-state index is 13.3. The average molecular weight is 468 g/mol. The van der Waals surface area contributed by atoms with E-state index in [4.69, 9.17) is 13.9 Å². The molecule has 0 aliphatic rings. The van der Waals surface area contributed by atoms with Gasteiger partial charge in [-0.1, -0.05) is 11.8 Å². The van der Waals surface area contributed by atoms with Gasteiger partial charge in [0.1, 0.15) is 5.82 Å². The van der Waals surface area contributed by atoms with Crippen LogP contribution in [0.25, 0.3) is 17.1 Å². The predicted molar refractivity (Wildman–Crippen MR) is 123 cm³/mol. The van der Waals surface area contributed by atoms with Crippen LogP contribution in [-0.4, -0.2) is 40.5 Å². The van der Waals surface area contributed by atoms with Crippen LogP contribution in [0.5, 0.6) is 11.5 Å². The number of carbonyl (C=O) groups excluding carboxylic acids is 1. The van der Waals surface area contributed by atoms with Crippen LogP contribution in [0.3, 0.4) is 0 Å². The van der Waals surface area contributed by atoms with Gasteiger partial charge < -0.3 is 18.5 Å². The quantitative estimate of drug-likeness (QED) is 0.258. The Hall–Kier alpha value is -3.59. The van der Waals surface area contributed by atoms with E-state index in [2.05, 4.69) is 10.2 Å². The van der Waals surface area contributed by atoms with Gasteiger partial charge in [0.2, 0.25) is 5.89 Å². The monoisotopic (exact) mass is 467 g/mol. The van der Waals surface area contributed by atoms with Gasteiger partial charge in [-0.3, -0.25) is 4.79 Å². The summed E-state index contributed by atoms with van der Waals surface area (Å²) < 4.78 is 31.5. The molecule has 2 aromatic heterocycles. The summed E-state index contributed by atoms with van der Waals surface area (Å²) in [5.41, 5.74) is 3.77. The molecule has 170 valence electrons. The van der Waals surface area contributed by atoms with Crippen molar-refractivity contribution in [2.45, 2.75) is 19.1 Å². The van der Waals surface area contributed by atoms with Crippen molar-refractivity contribution < 1.29 is 23.1 Å². The van der Waals surface area contributed by atoms with Crippen molar-refractivity contribution >= 4 is 17.5 Å². The van der Waals surface area contributed by atoms with Crippen LogP contribution in [0.2, 0.25) is 0 Å². The van der Waals surface area contributed by atoms with E-state index in [9.17, 15) is 9.18 Å². The van der Waals surface area contributed by atoms with Crippen LogP contribution in [0.4, 0.5) is 4.39 Å². The van der Waals surface area contributed by atoms with Gasteiger partial charge >= 0.3 is 0 Å². The van der Waals surface area contributed by atoms with Gasteiger partial charge in [0.05, 0.1) is 20.0 Å². The maximum Gasteiger partial charge on any atom is 0.277 e. The lowest BCUT2D eigenvalue weighted by Crippen LogP contribution is -2.05. The molecular weight excluding hydrogens is 445 g/mol. The largest absolute Gasteiger partial charge is 0.493 e. The summed E-state index contributed by atoms with van der Waals surface area (Å²) in [4.78, 5) is 12.9. The van der Waals surface area contributed by atoms with E-state index >= 15 is 0 Å². The molecule has 33 heavy (non-hydrogen) atoms. The number of thioether (sulfide) groups is 1. The van der Waals surface area contributed by atoms with Gasteiger partial charge in [-0.05, 0) is 62.4 Å². The lowest BCUT2D eigenvalue weighted by Gasteiger charge is -2.09. The first-order valence-corrected chi connectivity index (χ1v) is 11.1. The fourth-order valence-corrected chi connectivity index (χ4v) is 4.24. The van der Waals surface area contributed by atoms with Crippen LogP contribution < -0.4 is 9.47 Å². The van der Waals surface area contributed by atoms with Gasteiger partial charge in [0.15, 0.2) is 17.3 Å². The van der Waals surface area contributed by atoms with Crippen molar-refractivity contribution in [1.82, 2.24) is 14.8 Å². The molecule has 9 heteroatoms. The number of hydrogen-bond donors (Lipinski definition) is 0. The molecule has 0 aliphatic carbocycles. The van der Waals surface area contributed by atoms with Crippen molar-refractivity contribution in [2.75, 3.05) is 20.0 Å². The molecule has 0 unspecified atom stereocenters. The van der Waals surface area contributed by atoms with Crippen molar-refractivity contribution in [2.24, 2.45) is 0 Å². The Morgan fingerprint density at radius 3 is 2.45 bits per heavy atom. The Morgan fingerprint density at radius 1 is 1.03 bits per heavy atom. The lowest BCUT2D eigenvalue weighted by atomic mass is 10.2. The van der Waals surface area contributed by atoms with E-state index in [0.29, 0.717) is 33.7 Å². The first kappa shape index (κ1) is 22.6.